The van der Waals surface area contributed by atoms with Crippen molar-refractivity contribution < 1.29 is 5.11 Å². The predicted molar refractivity (Wildman–Crippen MR) is 87.7 cm³/mol. The highest BCUT2D eigenvalue weighted by Gasteiger charge is 2.35. The summed E-state index contributed by atoms with van der Waals surface area (Å²) in [5.41, 5.74) is 3.45. The number of rotatable bonds is 4. The van der Waals surface area contributed by atoms with Gasteiger partial charge in [-0.05, 0) is 37.7 Å². The summed E-state index contributed by atoms with van der Waals surface area (Å²) in [6.45, 7) is 0.296. The van der Waals surface area contributed by atoms with E-state index < -0.39 is 0 Å². The van der Waals surface area contributed by atoms with E-state index in [0.717, 1.165) is 29.4 Å². The van der Waals surface area contributed by atoms with Crippen LogP contribution in [0.1, 0.15) is 43.3 Å². The lowest BCUT2D eigenvalue weighted by molar-refractivity contribution is 0.105. The molecule has 2 aliphatic rings. The normalized spacial score (nSPS) is 24.0. The average Bonchev–Trinajstić information content (AvgIpc) is 3.15. The minimum atomic E-state index is 0.296. The topological polar surface area (TPSA) is 55.9 Å². The van der Waals surface area contributed by atoms with Crippen LogP contribution in [0.5, 0.6) is 0 Å². The summed E-state index contributed by atoms with van der Waals surface area (Å²) in [6, 6.07) is 8.74. The molecule has 0 radical (unpaired) electrons. The highest BCUT2D eigenvalue weighted by atomic mass is 16.3. The second-order valence-electron chi connectivity index (χ2n) is 6.94. The van der Waals surface area contributed by atoms with Crippen LogP contribution in [0.25, 0.3) is 16.6 Å². The quantitative estimate of drug-likeness (QED) is 0.806. The zero-order chi connectivity index (χ0) is 15.4. The number of aliphatic hydroxyl groups is 1. The molecule has 1 aromatic carbocycles. The van der Waals surface area contributed by atoms with E-state index in [1.165, 1.54) is 18.5 Å². The molecule has 1 N–H and O–H groups in total. The van der Waals surface area contributed by atoms with Crippen molar-refractivity contribution in [2.24, 2.45) is 5.92 Å². The molecule has 2 aliphatic carbocycles. The maximum Gasteiger partial charge on any atom is 0.107 e. The Balaban J connectivity index is 1.58. The minimum absolute atomic E-state index is 0.296. The number of hydrogen-bond donors (Lipinski definition) is 1. The molecule has 2 saturated carbocycles. The van der Waals surface area contributed by atoms with Gasteiger partial charge in [-0.2, -0.15) is 10.2 Å². The monoisotopic (exact) mass is 308 g/mol. The van der Waals surface area contributed by atoms with E-state index in [-0.39, 0.29) is 0 Å². The van der Waals surface area contributed by atoms with Crippen molar-refractivity contribution >= 4 is 10.9 Å². The summed E-state index contributed by atoms with van der Waals surface area (Å²) in [5.74, 6) is 1.03. The molecule has 3 aromatic rings. The van der Waals surface area contributed by atoms with Crippen molar-refractivity contribution in [2.75, 3.05) is 6.61 Å². The smallest absolute Gasteiger partial charge is 0.107 e. The molecule has 2 aromatic heterocycles. The summed E-state index contributed by atoms with van der Waals surface area (Å²) in [5, 5.41) is 19.9. The van der Waals surface area contributed by atoms with Crippen molar-refractivity contribution in [1.82, 2.24) is 19.6 Å². The van der Waals surface area contributed by atoms with Gasteiger partial charge in [0.05, 0.1) is 29.6 Å². The molecule has 0 spiro atoms. The first kappa shape index (κ1) is 13.3. The Bertz CT molecular complexity index is 855. The van der Waals surface area contributed by atoms with Gasteiger partial charge >= 0.3 is 0 Å². The number of benzene rings is 1. The van der Waals surface area contributed by atoms with Gasteiger partial charge in [0.25, 0.3) is 0 Å². The lowest BCUT2D eigenvalue weighted by atomic mass is 9.81. The Morgan fingerprint density at radius 2 is 2.00 bits per heavy atom. The van der Waals surface area contributed by atoms with Gasteiger partial charge in [0.15, 0.2) is 0 Å². The summed E-state index contributed by atoms with van der Waals surface area (Å²) in [7, 11) is 0. The van der Waals surface area contributed by atoms with E-state index in [4.69, 9.17) is 5.10 Å². The van der Waals surface area contributed by atoms with Gasteiger partial charge in [0.2, 0.25) is 0 Å². The van der Waals surface area contributed by atoms with E-state index in [1.807, 2.05) is 16.9 Å². The fourth-order valence-corrected chi connectivity index (χ4v) is 3.62. The number of aromatic nitrogens is 4. The van der Waals surface area contributed by atoms with Crippen LogP contribution in [0.15, 0.2) is 36.7 Å². The molecule has 0 atom stereocenters. The number of para-hydroxylation sites is 1. The summed E-state index contributed by atoms with van der Waals surface area (Å²) in [6.07, 6.45) is 8.60. The first-order chi connectivity index (χ1) is 11.3. The summed E-state index contributed by atoms with van der Waals surface area (Å²) < 4.78 is 4.15. The van der Waals surface area contributed by atoms with E-state index in [0.29, 0.717) is 24.5 Å². The first-order valence-corrected chi connectivity index (χ1v) is 8.46. The van der Waals surface area contributed by atoms with Crippen LogP contribution in [-0.2, 0) is 0 Å². The molecular weight excluding hydrogens is 288 g/mol. The van der Waals surface area contributed by atoms with Gasteiger partial charge in [0.1, 0.15) is 5.69 Å². The molecule has 2 heterocycles. The third kappa shape index (κ3) is 2.10. The molecule has 5 heteroatoms. The Hall–Kier alpha value is -2.14. The molecule has 0 amide bonds. The molecular formula is C18H20N4O. The van der Waals surface area contributed by atoms with Gasteiger partial charge in [-0.25, -0.2) is 4.68 Å². The SMILES string of the molecule is OC[C@H]1C[C@H](n2cc(-n3ncc4ccccc43)c(C3CC3)n2)C1. The maximum atomic E-state index is 9.23. The molecule has 118 valence electrons. The molecule has 23 heavy (non-hydrogen) atoms. The van der Waals surface area contributed by atoms with Crippen LogP contribution in [0.3, 0.4) is 0 Å². The Morgan fingerprint density at radius 1 is 1.17 bits per heavy atom. The standard InChI is InChI=1S/C18H20N4O/c23-11-12-7-15(8-12)21-10-17(18(20-21)13-5-6-13)22-16-4-2-1-3-14(16)9-19-22/h1-4,9-10,12-13,15,23H,5-8,11H2/t12-,15-. The zero-order valence-electron chi connectivity index (χ0n) is 13.0. The maximum absolute atomic E-state index is 9.23. The lowest BCUT2D eigenvalue weighted by Crippen LogP contribution is -2.29. The van der Waals surface area contributed by atoms with Crippen LogP contribution >= 0.6 is 0 Å². The van der Waals surface area contributed by atoms with Crippen LogP contribution < -0.4 is 0 Å². The molecule has 5 nitrogen and oxygen atoms in total. The summed E-state index contributed by atoms with van der Waals surface area (Å²) >= 11 is 0. The molecule has 0 saturated heterocycles. The first-order valence-electron chi connectivity index (χ1n) is 8.46. The van der Waals surface area contributed by atoms with Crippen molar-refractivity contribution in [3.8, 4) is 5.69 Å². The van der Waals surface area contributed by atoms with Crippen LogP contribution in [0, 0.1) is 5.92 Å². The largest absolute Gasteiger partial charge is 0.396 e. The minimum Gasteiger partial charge on any atom is -0.396 e. The van der Waals surface area contributed by atoms with Crippen LogP contribution in [0.2, 0.25) is 0 Å². The Labute approximate surface area is 134 Å². The fraction of sp³-hybridized carbons (Fsp3) is 0.444. The third-order valence-corrected chi connectivity index (χ3v) is 5.25. The predicted octanol–water partition coefficient (Wildman–Crippen LogP) is 3.04. The number of aliphatic hydroxyl groups excluding tert-OH is 1. The second-order valence-corrected chi connectivity index (χ2v) is 6.94. The molecule has 0 bridgehead atoms. The van der Waals surface area contributed by atoms with E-state index in [9.17, 15) is 5.11 Å². The van der Waals surface area contributed by atoms with Crippen molar-refractivity contribution in [1.29, 1.82) is 0 Å². The number of hydrogen-bond acceptors (Lipinski definition) is 3. The van der Waals surface area contributed by atoms with E-state index in [2.05, 4.69) is 34.2 Å². The number of fused-ring (bicyclic) bond motifs is 1. The Morgan fingerprint density at radius 3 is 2.78 bits per heavy atom. The van der Waals surface area contributed by atoms with Crippen molar-refractivity contribution in [2.45, 2.75) is 37.6 Å². The molecule has 2 fully saturated rings. The molecule has 0 unspecified atom stereocenters. The Kier molecular flexibility index (Phi) is 2.85. The van der Waals surface area contributed by atoms with Crippen molar-refractivity contribution in [3.63, 3.8) is 0 Å². The molecule has 5 rings (SSSR count). The van der Waals surface area contributed by atoms with E-state index in [1.54, 1.807) is 0 Å². The van der Waals surface area contributed by atoms with Gasteiger partial charge in [-0.1, -0.05) is 18.2 Å². The van der Waals surface area contributed by atoms with Gasteiger partial charge < -0.3 is 5.11 Å². The zero-order valence-corrected chi connectivity index (χ0v) is 13.0. The highest BCUT2D eigenvalue weighted by Crippen LogP contribution is 2.44. The van der Waals surface area contributed by atoms with Gasteiger partial charge in [0, 0.05) is 17.9 Å². The molecule has 0 aliphatic heterocycles. The third-order valence-electron chi connectivity index (χ3n) is 5.25. The van der Waals surface area contributed by atoms with Gasteiger partial charge in [-0.15, -0.1) is 0 Å². The fourth-order valence-electron chi connectivity index (χ4n) is 3.62. The number of nitrogens with zero attached hydrogens (tertiary/aromatic N) is 4. The van der Waals surface area contributed by atoms with Crippen molar-refractivity contribution in [3.05, 3.63) is 42.4 Å². The average molecular weight is 308 g/mol. The highest BCUT2D eigenvalue weighted by molar-refractivity contribution is 5.80. The van der Waals surface area contributed by atoms with Crippen LogP contribution in [0.4, 0.5) is 0 Å². The second kappa shape index (κ2) is 4.93. The van der Waals surface area contributed by atoms with E-state index >= 15 is 0 Å². The van der Waals surface area contributed by atoms with Gasteiger partial charge in [-0.3, -0.25) is 4.68 Å². The summed E-state index contributed by atoms with van der Waals surface area (Å²) in [4.78, 5) is 0. The van der Waals surface area contributed by atoms with Crippen LogP contribution in [-0.4, -0.2) is 31.3 Å². The lowest BCUT2D eigenvalue weighted by Gasteiger charge is -2.34.